The van der Waals surface area contributed by atoms with Crippen LogP contribution in [0.5, 0.6) is 5.75 Å². The molecule has 1 aliphatic rings. The Kier molecular flexibility index (Phi) is 10.2. The maximum atomic E-state index is 12.3. The lowest BCUT2D eigenvalue weighted by atomic mass is 10.00. The summed E-state index contributed by atoms with van der Waals surface area (Å²) in [6.07, 6.45) is 1.51. The number of aliphatic hydroxyl groups is 2. The minimum Gasteiger partial charge on any atom is -0.490 e. The second-order valence-electron chi connectivity index (χ2n) is 9.30. The molecule has 0 saturated heterocycles. The van der Waals surface area contributed by atoms with Gasteiger partial charge in [-0.15, -0.1) is 12.4 Å². The van der Waals surface area contributed by atoms with Crippen LogP contribution >= 0.6 is 12.4 Å². The zero-order chi connectivity index (χ0) is 26.4. The number of carbonyl (C=O) groups excluding carboxylic acids is 1. The van der Waals surface area contributed by atoms with E-state index < -0.39 is 6.04 Å². The van der Waals surface area contributed by atoms with Gasteiger partial charge in [0.25, 0.3) is 5.89 Å². The molecule has 38 heavy (non-hydrogen) atoms. The molecule has 0 fully saturated rings. The maximum absolute atomic E-state index is 12.3. The van der Waals surface area contributed by atoms with Crippen molar-refractivity contribution in [3.63, 3.8) is 0 Å². The summed E-state index contributed by atoms with van der Waals surface area (Å²) in [6.45, 7) is 4.84. The van der Waals surface area contributed by atoms with Gasteiger partial charge < -0.3 is 24.8 Å². The summed E-state index contributed by atoms with van der Waals surface area (Å²) in [4.78, 5) is 18.9. The number of amides is 1. The summed E-state index contributed by atoms with van der Waals surface area (Å²) < 4.78 is 11.2. The van der Waals surface area contributed by atoms with Crippen molar-refractivity contribution in [3.8, 4) is 34.7 Å². The highest BCUT2D eigenvalue weighted by Gasteiger charge is 2.20. The SMILES string of the molecule is CC(C)Oc1ccc(-c2nc(-c3ccc4c(c3)CCN(CC(=O)NC(CO)CO)CC4)no2)cc1C#N.Cl. The molecule has 0 aliphatic carbocycles. The van der Waals surface area contributed by atoms with Crippen molar-refractivity contribution in [2.45, 2.75) is 38.8 Å². The van der Waals surface area contributed by atoms with Crippen molar-refractivity contribution in [1.82, 2.24) is 20.4 Å². The lowest BCUT2D eigenvalue weighted by Gasteiger charge is -2.21. The standard InChI is InChI=1S/C27H31N5O5.ClH/c1-17(2)36-24-6-5-21(12-22(24)13-28)27-30-26(31-37-27)20-4-3-18-7-9-32(10-8-19(18)11-20)14-25(35)29-23(15-33)16-34;/h3-6,11-12,17,23,33-34H,7-10,14-16H2,1-2H3,(H,29,35);1H. The molecule has 1 aromatic heterocycles. The molecule has 0 spiro atoms. The third-order valence-corrected chi connectivity index (χ3v) is 6.17. The highest BCUT2D eigenvalue weighted by molar-refractivity contribution is 5.85. The number of carbonyl (C=O) groups is 1. The summed E-state index contributed by atoms with van der Waals surface area (Å²) in [6, 6.07) is 12.8. The summed E-state index contributed by atoms with van der Waals surface area (Å²) in [5.41, 5.74) is 4.24. The number of nitriles is 1. The molecule has 11 heteroatoms. The molecule has 2 aromatic carbocycles. The first-order chi connectivity index (χ1) is 17.9. The van der Waals surface area contributed by atoms with Crippen LogP contribution in [0.3, 0.4) is 0 Å². The maximum Gasteiger partial charge on any atom is 0.258 e. The summed E-state index contributed by atoms with van der Waals surface area (Å²) in [5, 5.41) is 34.6. The molecule has 202 valence electrons. The van der Waals surface area contributed by atoms with E-state index in [9.17, 15) is 20.3 Å². The van der Waals surface area contributed by atoms with Crippen LogP contribution in [0.1, 0.15) is 30.5 Å². The van der Waals surface area contributed by atoms with Crippen molar-refractivity contribution in [3.05, 3.63) is 53.1 Å². The van der Waals surface area contributed by atoms with E-state index in [2.05, 4.69) is 38.6 Å². The Morgan fingerprint density at radius 3 is 2.53 bits per heavy atom. The second-order valence-corrected chi connectivity index (χ2v) is 9.30. The molecular weight excluding hydrogens is 510 g/mol. The molecule has 1 aliphatic heterocycles. The highest BCUT2D eigenvalue weighted by atomic mass is 35.5. The molecule has 3 aromatic rings. The van der Waals surface area contributed by atoms with Crippen LogP contribution < -0.4 is 10.1 Å². The fraction of sp³-hybridized carbons (Fsp3) is 0.407. The molecule has 3 N–H and O–H groups in total. The molecule has 0 radical (unpaired) electrons. The van der Waals surface area contributed by atoms with Crippen molar-refractivity contribution >= 4 is 18.3 Å². The normalized spacial score (nSPS) is 13.4. The van der Waals surface area contributed by atoms with E-state index >= 15 is 0 Å². The predicted molar refractivity (Wildman–Crippen MR) is 143 cm³/mol. The van der Waals surface area contributed by atoms with Crippen LogP contribution in [0.2, 0.25) is 0 Å². The van der Waals surface area contributed by atoms with Gasteiger partial charge in [0.15, 0.2) is 0 Å². The first-order valence-electron chi connectivity index (χ1n) is 12.3. The molecule has 0 unspecified atom stereocenters. The van der Waals surface area contributed by atoms with E-state index in [1.807, 2.05) is 19.9 Å². The molecule has 1 amide bonds. The van der Waals surface area contributed by atoms with Gasteiger partial charge in [-0.05, 0) is 62.1 Å². The second kappa shape index (κ2) is 13.3. The van der Waals surface area contributed by atoms with Crippen molar-refractivity contribution in [1.29, 1.82) is 5.26 Å². The predicted octanol–water partition coefficient (Wildman–Crippen LogP) is 2.35. The van der Waals surface area contributed by atoms with Gasteiger partial charge in [0.05, 0.1) is 37.5 Å². The molecule has 0 atom stereocenters. The number of ether oxygens (including phenoxy) is 1. The van der Waals surface area contributed by atoms with Crippen LogP contribution in [0.25, 0.3) is 22.8 Å². The Labute approximate surface area is 227 Å². The molecule has 10 nitrogen and oxygen atoms in total. The van der Waals surface area contributed by atoms with Crippen LogP contribution in [-0.2, 0) is 17.6 Å². The largest absolute Gasteiger partial charge is 0.490 e. The summed E-state index contributed by atoms with van der Waals surface area (Å²) >= 11 is 0. The van der Waals surface area contributed by atoms with Gasteiger partial charge in [-0.25, -0.2) is 0 Å². The van der Waals surface area contributed by atoms with E-state index in [0.29, 0.717) is 35.1 Å². The van der Waals surface area contributed by atoms with Gasteiger partial charge in [0.2, 0.25) is 11.7 Å². The number of nitrogens with zero attached hydrogens (tertiary/aromatic N) is 4. The number of aromatic nitrogens is 2. The van der Waals surface area contributed by atoms with E-state index in [1.54, 1.807) is 18.2 Å². The Bertz CT molecular complexity index is 1290. The van der Waals surface area contributed by atoms with Gasteiger partial charge in [0, 0.05) is 24.2 Å². The fourth-order valence-corrected chi connectivity index (χ4v) is 4.26. The van der Waals surface area contributed by atoms with Crippen LogP contribution in [0.4, 0.5) is 0 Å². The number of benzene rings is 2. The highest BCUT2D eigenvalue weighted by Crippen LogP contribution is 2.29. The topological polar surface area (TPSA) is 145 Å². The summed E-state index contributed by atoms with van der Waals surface area (Å²) in [7, 11) is 0. The van der Waals surface area contributed by atoms with Crippen LogP contribution in [0.15, 0.2) is 40.9 Å². The number of rotatable bonds is 9. The van der Waals surface area contributed by atoms with Gasteiger partial charge in [-0.2, -0.15) is 10.2 Å². The number of nitrogens with one attached hydrogen (secondary N) is 1. The summed E-state index contributed by atoms with van der Waals surface area (Å²) in [5.74, 6) is 1.07. The van der Waals surface area contributed by atoms with Crippen LogP contribution in [-0.4, -0.2) is 76.2 Å². The van der Waals surface area contributed by atoms with Crippen molar-refractivity contribution in [2.24, 2.45) is 0 Å². The lowest BCUT2D eigenvalue weighted by molar-refractivity contribution is -0.123. The van der Waals surface area contributed by atoms with Crippen molar-refractivity contribution in [2.75, 3.05) is 32.8 Å². The van der Waals surface area contributed by atoms with Crippen LogP contribution in [0, 0.1) is 11.3 Å². The number of halogens is 1. The average molecular weight is 542 g/mol. The lowest BCUT2D eigenvalue weighted by Crippen LogP contribution is -2.45. The van der Waals surface area contributed by atoms with E-state index in [-0.39, 0.29) is 44.2 Å². The quantitative estimate of drug-likeness (QED) is 0.371. The molecule has 2 heterocycles. The number of aliphatic hydroxyl groups excluding tert-OH is 2. The minimum absolute atomic E-state index is 0. The van der Waals surface area contributed by atoms with E-state index in [4.69, 9.17) is 9.26 Å². The number of hydrogen-bond acceptors (Lipinski definition) is 9. The van der Waals surface area contributed by atoms with E-state index in [1.165, 1.54) is 5.56 Å². The van der Waals surface area contributed by atoms with Gasteiger partial charge >= 0.3 is 0 Å². The molecule has 0 bridgehead atoms. The van der Waals surface area contributed by atoms with Gasteiger partial charge in [-0.3, -0.25) is 9.69 Å². The Morgan fingerprint density at radius 1 is 1.13 bits per heavy atom. The monoisotopic (exact) mass is 541 g/mol. The molecule has 0 saturated carbocycles. The van der Waals surface area contributed by atoms with E-state index in [0.717, 1.165) is 30.5 Å². The minimum atomic E-state index is -0.642. The number of hydrogen-bond donors (Lipinski definition) is 3. The third-order valence-electron chi connectivity index (χ3n) is 6.17. The van der Waals surface area contributed by atoms with Gasteiger partial charge in [0.1, 0.15) is 11.8 Å². The fourth-order valence-electron chi connectivity index (χ4n) is 4.26. The average Bonchev–Trinajstić information content (AvgIpc) is 3.30. The Balaban J connectivity index is 0.00000400. The Morgan fingerprint density at radius 2 is 1.84 bits per heavy atom. The zero-order valence-electron chi connectivity index (χ0n) is 21.4. The Hall–Kier alpha value is -3.49. The molecular formula is C27H32ClN5O5. The first kappa shape index (κ1) is 29.1. The number of fused-ring (bicyclic) bond motifs is 1. The smallest absolute Gasteiger partial charge is 0.258 e. The van der Waals surface area contributed by atoms with Gasteiger partial charge in [-0.1, -0.05) is 17.3 Å². The third kappa shape index (κ3) is 7.08. The zero-order valence-corrected chi connectivity index (χ0v) is 22.2. The first-order valence-corrected chi connectivity index (χ1v) is 12.3. The molecule has 4 rings (SSSR count). The van der Waals surface area contributed by atoms with Crippen molar-refractivity contribution < 1.29 is 24.3 Å².